The van der Waals surface area contributed by atoms with E-state index in [0.29, 0.717) is 10.0 Å². The van der Waals surface area contributed by atoms with E-state index in [0.717, 1.165) is 0 Å². The van der Waals surface area contributed by atoms with E-state index in [4.69, 9.17) is 9.26 Å². The fourth-order valence-electron chi connectivity index (χ4n) is 1.65. The summed E-state index contributed by atoms with van der Waals surface area (Å²) in [5.74, 6) is -0.552. The number of halogens is 2. The van der Waals surface area contributed by atoms with E-state index in [-0.39, 0.29) is 18.3 Å². The Morgan fingerprint density at radius 1 is 1.48 bits per heavy atom. The van der Waals surface area contributed by atoms with Gasteiger partial charge in [-0.25, -0.2) is 4.39 Å². The van der Waals surface area contributed by atoms with Crippen molar-refractivity contribution in [2.75, 3.05) is 6.61 Å². The standard InChI is InChI=1S/C14H14BrFN2O3/c1-4-20-13(19)14(2,3)12-17-11(18-21-12)9-7-8(16)5-6-10(9)15/h5-7H,4H2,1-3H3. The van der Waals surface area contributed by atoms with E-state index in [2.05, 4.69) is 26.1 Å². The predicted octanol–water partition coefficient (Wildman–Crippen LogP) is 3.48. The summed E-state index contributed by atoms with van der Waals surface area (Å²) in [6.45, 7) is 5.24. The number of hydrogen-bond acceptors (Lipinski definition) is 5. The van der Waals surface area contributed by atoms with E-state index in [1.807, 2.05) is 0 Å². The second kappa shape index (κ2) is 5.93. The highest BCUT2D eigenvalue weighted by Gasteiger charge is 2.37. The van der Waals surface area contributed by atoms with Crippen LogP contribution in [0.25, 0.3) is 11.4 Å². The number of benzene rings is 1. The van der Waals surface area contributed by atoms with Gasteiger partial charge in [-0.3, -0.25) is 4.79 Å². The minimum atomic E-state index is -1.07. The summed E-state index contributed by atoms with van der Waals surface area (Å²) in [4.78, 5) is 16.1. The molecule has 1 aromatic heterocycles. The van der Waals surface area contributed by atoms with Crippen molar-refractivity contribution in [1.82, 2.24) is 10.1 Å². The smallest absolute Gasteiger partial charge is 0.321 e. The van der Waals surface area contributed by atoms with Crippen molar-refractivity contribution >= 4 is 21.9 Å². The van der Waals surface area contributed by atoms with Crippen LogP contribution in [0.4, 0.5) is 4.39 Å². The first-order valence-corrected chi connectivity index (χ1v) is 7.12. The Labute approximate surface area is 129 Å². The van der Waals surface area contributed by atoms with Gasteiger partial charge in [-0.05, 0) is 39.0 Å². The molecule has 2 rings (SSSR count). The molecule has 0 atom stereocenters. The van der Waals surface area contributed by atoms with Crippen LogP contribution in [0.3, 0.4) is 0 Å². The molecule has 0 saturated heterocycles. The lowest BCUT2D eigenvalue weighted by atomic mass is 9.94. The van der Waals surface area contributed by atoms with Crippen LogP contribution < -0.4 is 0 Å². The molecule has 0 saturated carbocycles. The maximum absolute atomic E-state index is 13.3. The lowest BCUT2D eigenvalue weighted by Crippen LogP contribution is -2.31. The van der Waals surface area contributed by atoms with Gasteiger partial charge in [-0.15, -0.1) is 0 Å². The van der Waals surface area contributed by atoms with Crippen molar-refractivity contribution in [3.05, 3.63) is 34.4 Å². The molecule has 1 aromatic carbocycles. The maximum atomic E-state index is 13.3. The molecule has 0 bridgehead atoms. The highest BCUT2D eigenvalue weighted by atomic mass is 79.9. The molecule has 0 aliphatic heterocycles. The Hall–Kier alpha value is -1.76. The van der Waals surface area contributed by atoms with Crippen LogP contribution in [0.2, 0.25) is 0 Å². The fourth-order valence-corrected chi connectivity index (χ4v) is 2.08. The minimum Gasteiger partial charge on any atom is -0.465 e. The number of carbonyl (C=O) groups is 1. The van der Waals surface area contributed by atoms with Crippen molar-refractivity contribution in [3.63, 3.8) is 0 Å². The number of rotatable bonds is 4. The zero-order valence-electron chi connectivity index (χ0n) is 11.8. The predicted molar refractivity (Wildman–Crippen MR) is 77.1 cm³/mol. The van der Waals surface area contributed by atoms with E-state index >= 15 is 0 Å². The average molecular weight is 357 g/mol. The van der Waals surface area contributed by atoms with Gasteiger partial charge in [-0.2, -0.15) is 4.98 Å². The van der Waals surface area contributed by atoms with Crippen molar-refractivity contribution in [1.29, 1.82) is 0 Å². The van der Waals surface area contributed by atoms with E-state index in [1.165, 1.54) is 12.1 Å². The molecular weight excluding hydrogens is 343 g/mol. The summed E-state index contributed by atoms with van der Waals surface area (Å²) in [5.41, 5.74) is -0.620. The Balaban J connectivity index is 2.38. The van der Waals surface area contributed by atoms with Gasteiger partial charge in [0.25, 0.3) is 0 Å². The summed E-state index contributed by atoms with van der Waals surface area (Å²) in [6, 6.07) is 4.16. The monoisotopic (exact) mass is 356 g/mol. The third-order valence-corrected chi connectivity index (χ3v) is 3.61. The van der Waals surface area contributed by atoms with Gasteiger partial charge in [0.1, 0.15) is 11.2 Å². The second-order valence-corrected chi connectivity index (χ2v) is 5.75. The van der Waals surface area contributed by atoms with E-state index < -0.39 is 17.2 Å². The maximum Gasteiger partial charge on any atom is 0.321 e. The number of aromatic nitrogens is 2. The normalized spacial score (nSPS) is 11.5. The van der Waals surface area contributed by atoms with Crippen molar-refractivity contribution < 1.29 is 18.4 Å². The SMILES string of the molecule is CCOC(=O)C(C)(C)c1nc(-c2cc(F)ccc2Br)no1. The zero-order chi connectivity index (χ0) is 15.6. The van der Waals surface area contributed by atoms with Gasteiger partial charge >= 0.3 is 5.97 Å². The third-order valence-electron chi connectivity index (χ3n) is 2.92. The molecular formula is C14H14BrFN2O3. The van der Waals surface area contributed by atoms with Gasteiger partial charge < -0.3 is 9.26 Å². The summed E-state index contributed by atoms with van der Waals surface area (Å²) >= 11 is 3.30. The molecule has 2 aromatic rings. The summed E-state index contributed by atoms with van der Waals surface area (Å²) < 4.78 is 24.1. The molecule has 0 fully saturated rings. The van der Waals surface area contributed by atoms with E-state index in [9.17, 15) is 9.18 Å². The molecule has 0 unspecified atom stereocenters. The van der Waals surface area contributed by atoms with Crippen molar-refractivity contribution in [3.8, 4) is 11.4 Å². The van der Waals surface area contributed by atoms with Crippen molar-refractivity contribution in [2.45, 2.75) is 26.2 Å². The molecule has 0 radical (unpaired) electrons. The number of nitrogens with zero attached hydrogens (tertiary/aromatic N) is 2. The molecule has 0 N–H and O–H groups in total. The largest absolute Gasteiger partial charge is 0.465 e. The molecule has 1 heterocycles. The molecule has 5 nitrogen and oxygen atoms in total. The molecule has 0 amide bonds. The Kier molecular flexibility index (Phi) is 4.41. The molecule has 0 aliphatic rings. The first kappa shape index (κ1) is 15.6. The minimum absolute atomic E-state index is 0.118. The highest BCUT2D eigenvalue weighted by Crippen LogP contribution is 2.30. The van der Waals surface area contributed by atoms with Gasteiger partial charge in [0, 0.05) is 10.0 Å². The summed E-state index contributed by atoms with van der Waals surface area (Å²) in [7, 11) is 0. The Bertz CT molecular complexity index is 670. The highest BCUT2D eigenvalue weighted by molar-refractivity contribution is 9.10. The fraction of sp³-hybridized carbons (Fsp3) is 0.357. The van der Waals surface area contributed by atoms with Gasteiger partial charge in [-0.1, -0.05) is 21.1 Å². The molecule has 21 heavy (non-hydrogen) atoms. The van der Waals surface area contributed by atoms with Crippen molar-refractivity contribution in [2.24, 2.45) is 0 Å². The number of carbonyl (C=O) groups excluding carboxylic acids is 1. The quantitative estimate of drug-likeness (QED) is 0.784. The Morgan fingerprint density at radius 2 is 2.19 bits per heavy atom. The molecule has 112 valence electrons. The summed E-state index contributed by atoms with van der Waals surface area (Å²) in [6.07, 6.45) is 0. The first-order valence-electron chi connectivity index (χ1n) is 6.33. The first-order chi connectivity index (χ1) is 9.86. The van der Waals surface area contributed by atoms with Crippen LogP contribution in [0.15, 0.2) is 27.2 Å². The topological polar surface area (TPSA) is 65.2 Å². The number of ether oxygens (including phenoxy) is 1. The van der Waals surface area contributed by atoms with Gasteiger partial charge in [0.05, 0.1) is 6.61 Å². The third kappa shape index (κ3) is 3.12. The lowest BCUT2D eigenvalue weighted by Gasteiger charge is -2.16. The Morgan fingerprint density at radius 3 is 2.86 bits per heavy atom. The van der Waals surface area contributed by atoms with E-state index in [1.54, 1.807) is 26.8 Å². The molecule has 0 spiro atoms. The van der Waals surface area contributed by atoms with Crippen LogP contribution in [0.1, 0.15) is 26.7 Å². The van der Waals surface area contributed by atoms with Crippen LogP contribution in [0.5, 0.6) is 0 Å². The number of hydrogen-bond donors (Lipinski definition) is 0. The lowest BCUT2D eigenvalue weighted by molar-refractivity contribution is -0.149. The van der Waals surface area contributed by atoms with Crippen LogP contribution in [-0.4, -0.2) is 22.7 Å². The average Bonchev–Trinajstić information content (AvgIpc) is 2.92. The van der Waals surface area contributed by atoms with Crippen LogP contribution in [-0.2, 0) is 14.9 Å². The van der Waals surface area contributed by atoms with Gasteiger partial charge in [0.2, 0.25) is 11.7 Å². The van der Waals surface area contributed by atoms with Gasteiger partial charge in [0.15, 0.2) is 0 Å². The molecule has 0 aliphatic carbocycles. The second-order valence-electron chi connectivity index (χ2n) is 4.89. The zero-order valence-corrected chi connectivity index (χ0v) is 13.4. The molecule has 7 heteroatoms. The van der Waals surface area contributed by atoms with Crippen LogP contribution in [0, 0.1) is 5.82 Å². The summed E-state index contributed by atoms with van der Waals surface area (Å²) in [5, 5.41) is 3.81. The van der Waals surface area contributed by atoms with Crippen LogP contribution >= 0.6 is 15.9 Å². The number of esters is 1.